The lowest BCUT2D eigenvalue weighted by Gasteiger charge is -1.94. The van der Waals surface area contributed by atoms with Gasteiger partial charge in [-0.25, -0.2) is 0 Å². The van der Waals surface area contributed by atoms with Crippen LogP contribution in [-0.2, 0) is 6.42 Å². The fourth-order valence-corrected chi connectivity index (χ4v) is 3.81. The van der Waals surface area contributed by atoms with Gasteiger partial charge in [0.15, 0.2) is 0 Å². The maximum atomic E-state index is 9.14. The van der Waals surface area contributed by atoms with Gasteiger partial charge in [-0.1, -0.05) is 0 Å². The van der Waals surface area contributed by atoms with Gasteiger partial charge in [0.05, 0.1) is 11.1 Å². The Morgan fingerprint density at radius 1 is 1.06 bits per heavy atom. The summed E-state index contributed by atoms with van der Waals surface area (Å²) in [6.07, 6.45) is 0.759. The number of nitrogens with zero attached hydrogens (tertiary/aromatic N) is 2. The molecule has 0 aliphatic rings. The smallest absolute Gasteiger partial charge is 0.102 e. The summed E-state index contributed by atoms with van der Waals surface area (Å²) in [7, 11) is 0. The number of rotatable bonds is 2. The van der Waals surface area contributed by atoms with Crippen LogP contribution >= 0.6 is 22.7 Å². The highest BCUT2D eigenvalue weighted by atomic mass is 32.1. The maximum Gasteiger partial charge on any atom is 0.102 e. The Morgan fingerprint density at radius 2 is 1.76 bits per heavy atom. The van der Waals surface area contributed by atoms with Crippen molar-refractivity contribution in [3.8, 4) is 12.1 Å². The number of aryl methyl sites for hydroxylation is 2. The van der Waals surface area contributed by atoms with E-state index in [1.165, 1.54) is 9.75 Å². The quantitative estimate of drug-likeness (QED) is 0.823. The molecule has 0 amide bonds. The Bertz CT molecular complexity index is 635. The molecular formula is C13H10N2S2. The monoisotopic (exact) mass is 258 g/mol. The van der Waals surface area contributed by atoms with E-state index in [1.54, 1.807) is 22.7 Å². The van der Waals surface area contributed by atoms with Crippen LogP contribution in [0.1, 0.15) is 30.6 Å². The zero-order valence-electron chi connectivity index (χ0n) is 9.57. The van der Waals surface area contributed by atoms with Gasteiger partial charge in [0.1, 0.15) is 12.1 Å². The molecule has 0 aliphatic heterocycles. The Morgan fingerprint density at radius 3 is 2.29 bits per heavy atom. The molecule has 2 heterocycles. The van der Waals surface area contributed by atoms with Crippen molar-refractivity contribution in [1.29, 1.82) is 10.5 Å². The summed E-state index contributed by atoms with van der Waals surface area (Å²) in [5.41, 5.74) is 1.10. The summed E-state index contributed by atoms with van der Waals surface area (Å²) in [4.78, 5) is 4.45. The average molecular weight is 258 g/mol. The number of thiophene rings is 2. The first-order valence-corrected chi connectivity index (χ1v) is 6.76. The topological polar surface area (TPSA) is 47.6 Å². The van der Waals surface area contributed by atoms with E-state index in [-0.39, 0.29) is 0 Å². The minimum absolute atomic E-state index is 0.542. The second kappa shape index (κ2) is 4.71. The SMILES string of the molecule is Cc1ccc(Cc2sc(C)c(C#N)c2C#N)s1. The van der Waals surface area contributed by atoms with Crippen LogP contribution in [0, 0.1) is 36.5 Å². The molecule has 0 unspecified atom stereocenters. The first-order valence-electron chi connectivity index (χ1n) is 5.13. The highest BCUT2D eigenvalue weighted by Crippen LogP contribution is 2.30. The number of hydrogen-bond donors (Lipinski definition) is 0. The van der Waals surface area contributed by atoms with Gasteiger partial charge < -0.3 is 0 Å². The fourth-order valence-electron chi connectivity index (χ4n) is 1.72. The van der Waals surface area contributed by atoms with Gasteiger partial charge >= 0.3 is 0 Å². The third-order valence-electron chi connectivity index (χ3n) is 2.51. The number of hydrogen-bond acceptors (Lipinski definition) is 4. The van der Waals surface area contributed by atoms with E-state index >= 15 is 0 Å². The Kier molecular flexibility index (Phi) is 3.28. The molecular weight excluding hydrogens is 248 g/mol. The number of nitriles is 2. The van der Waals surface area contributed by atoms with Crippen molar-refractivity contribution < 1.29 is 0 Å². The van der Waals surface area contributed by atoms with Gasteiger partial charge in [-0.15, -0.1) is 22.7 Å². The Labute approximate surface area is 108 Å². The van der Waals surface area contributed by atoms with Crippen LogP contribution < -0.4 is 0 Å². The van der Waals surface area contributed by atoms with E-state index in [1.807, 2.05) is 6.92 Å². The lowest BCUT2D eigenvalue weighted by atomic mass is 10.1. The molecule has 0 aliphatic carbocycles. The molecule has 0 fully saturated rings. The van der Waals surface area contributed by atoms with Crippen LogP contribution in [-0.4, -0.2) is 0 Å². The van der Waals surface area contributed by atoms with Crippen molar-refractivity contribution in [1.82, 2.24) is 0 Å². The lowest BCUT2D eigenvalue weighted by molar-refractivity contribution is 1.28. The molecule has 2 aromatic heterocycles. The molecule has 2 nitrogen and oxygen atoms in total. The van der Waals surface area contributed by atoms with E-state index in [0.29, 0.717) is 11.1 Å². The lowest BCUT2D eigenvalue weighted by Crippen LogP contribution is -1.86. The third-order valence-corrected chi connectivity index (χ3v) is 4.62. The largest absolute Gasteiger partial charge is 0.192 e. The molecule has 0 atom stereocenters. The van der Waals surface area contributed by atoms with Crippen molar-refractivity contribution in [2.24, 2.45) is 0 Å². The van der Waals surface area contributed by atoms with E-state index in [4.69, 9.17) is 10.5 Å². The van der Waals surface area contributed by atoms with E-state index < -0.39 is 0 Å². The van der Waals surface area contributed by atoms with E-state index in [0.717, 1.165) is 16.2 Å². The second-order valence-corrected chi connectivity index (χ2v) is 6.43. The summed E-state index contributed by atoms with van der Waals surface area (Å²) in [5, 5.41) is 18.2. The van der Waals surface area contributed by atoms with Crippen molar-refractivity contribution in [3.63, 3.8) is 0 Å². The minimum atomic E-state index is 0.542. The minimum Gasteiger partial charge on any atom is -0.192 e. The van der Waals surface area contributed by atoms with Gasteiger partial charge in [0.25, 0.3) is 0 Å². The molecule has 4 heteroatoms. The van der Waals surface area contributed by atoms with Crippen molar-refractivity contribution in [2.75, 3.05) is 0 Å². The standard InChI is InChI=1S/C13H10N2S2/c1-8-3-4-10(16-8)5-13-12(7-15)11(6-14)9(2)17-13/h3-4H,5H2,1-2H3. The predicted molar refractivity (Wildman–Crippen MR) is 70.3 cm³/mol. The van der Waals surface area contributed by atoms with Gasteiger partial charge in [-0.3, -0.25) is 0 Å². The molecule has 0 radical (unpaired) electrons. The first kappa shape index (κ1) is 11.9. The predicted octanol–water partition coefficient (Wildman–Crippen LogP) is 3.76. The molecule has 0 N–H and O–H groups in total. The van der Waals surface area contributed by atoms with E-state index in [2.05, 4.69) is 31.2 Å². The third kappa shape index (κ3) is 2.24. The molecule has 0 spiro atoms. The molecule has 84 valence electrons. The van der Waals surface area contributed by atoms with E-state index in [9.17, 15) is 0 Å². The summed E-state index contributed by atoms with van der Waals surface area (Å²) in [6, 6.07) is 8.44. The van der Waals surface area contributed by atoms with Crippen LogP contribution in [0.5, 0.6) is 0 Å². The second-order valence-electron chi connectivity index (χ2n) is 3.74. The average Bonchev–Trinajstić information content (AvgIpc) is 2.82. The highest BCUT2D eigenvalue weighted by Gasteiger charge is 2.15. The molecule has 0 saturated carbocycles. The highest BCUT2D eigenvalue weighted by molar-refractivity contribution is 7.13. The molecule has 17 heavy (non-hydrogen) atoms. The molecule has 2 rings (SSSR count). The van der Waals surface area contributed by atoms with Gasteiger partial charge in [0.2, 0.25) is 0 Å². The van der Waals surface area contributed by atoms with Gasteiger partial charge in [0, 0.05) is 25.9 Å². The summed E-state index contributed by atoms with van der Waals surface area (Å²) in [5.74, 6) is 0. The first-order chi connectivity index (χ1) is 8.15. The van der Waals surface area contributed by atoms with Crippen molar-refractivity contribution in [3.05, 3.63) is 42.8 Å². The molecule has 0 aromatic carbocycles. The zero-order valence-corrected chi connectivity index (χ0v) is 11.2. The Balaban J connectivity index is 2.41. The van der Waals surface area contributed by atoms with Crippen LogP contribution in [0.25, 0.3) is 0 Å². The maximum absolute atomic E-state index is 9.14. The summed E-state index contributed by atoms with van der Waals surface area (Å²) >= 11 is 3.29. The van der Waals surface area contributed by atoms with Crippen molar-refractivity contribution >= 4 is 22.7 Å². The zero-order chi connectivity index (χ0) is 12.4. The van der Waals surface area contributed by atoms with Crippen LogP contribution in [0.15, 0.2) is 12.1 Å². The normalized spacial score (nSPS) is 9.88. The van der Waals surface area contributed by atoms with Gasteiger partial charge in [-0.2, -0.15) is 10.5 Å². The molecule has 0 saturated heterocycles. The summed E-state index contributed by atoms with van der Waals surface area (Å²) in [6.45, 7) is 3.97. The van der Waals surface area contributed by atoms with Crippen LogP contribution in [0.2, 0.25) is 0 Å². The molecule has 0 bridgehead atoms. The Hall–Kier alpha value is -1.62. The van der Waals surface area contributed by atoms with Gasteiger partial charge in [-0.05, 0) is 26.0 Å². The molecule has 2 aromatic rings. The fraction of sp³-hybridized carbons (Fsp3) is 0.231. The van der Waals surface area contributed by atoms with Crippen LogP contribution in [0.4, 0.5) is 0 Å². The summed E-state index contributed by atoms with van der Waals surface area (Å²) < 4.78 is 0. The van der Waals surface area contributed by atoms with Crippen LogP contribution in [0.3, 0.4) is 0 Å². The van der Waals surface area contributed by atoms with Crippen molar-refractivity contribution in [2.45, 2.75) is 20.3 Å².